The zero-order valence-corrected chi connectivity index (χ0v) is 10.7. The number of pyridine rings is 1. The van der Waals surface area contributed by atoms with Gasteiger partial charge in [-0.1, -0.05) is 11.6 Å². The normalized spacial score (nSPS) is 10.1. The highest BCUT2D eigenvalue weighted by Crippen LogP contribution is 2.26. The lowest BCUT2D eigenvalue weighted by molar-refractivity contribution is -0.384. The Morgan fingerprint density at radius 3 is 2.65 bits per heavy atom. The number of anilines is 1. The Bertz CT molecular complexity index is 741. The Balaban J connectivity index is 2.24. The standard InChI is InChI=1S/C12H8ClN3O4/c13-9-6-8(16(19)20)1-2-10(9)15-12(18)7-3-4-14-11(17)5-7/h1-6H,(H,14,17)(H,15,18). The van der Waals surface area contributed by atoms with Gasteiger partial charge >= 0.3 is 0 Å². The molecule has 1 aromatic heterocycles. The van der Waals surface area contributed by atoms with Gasteiger partial charge in [0.25, 0.3) is 11.6 Å². The second-order valence-electron chi connectivity index (χ2n) is 3.82. The quantitative estimate of drug-likeness (QED) is 0.668. The predicted molar refractivity (Wildman–Crippen MR) is 73.1 cm³/mol. The number of benzene rings is 1. The maximum absolute atomic E-state index is 11.9. The highest BCUT2D eigenvalue weighted by molar-refractivity contribution is 6.34. The van der Waals surface area contributed by atoms with Crippen LogP contribution in [0.5, 0.6) is 0 Å². The summed E-state index contributed by atoms with van der Waals surface area (Å²) in [6.07, 6.45) is 1.34. The minimum absolute atomic E-state index is 0.0393. The molecule has 0 saturated heterocycles. The number of nitro benzene ring substituents is 1. The van der Waals surface area contributed by atoms with Gasteiger partial charge in [-0.15, -0.1) is 0 Å². The molecule has 2 aromatic rings. The number of aromatic nitrogens is 1. The minimum Gasteiger partial charge on any atom is -0.329 e. The van der Waals surface area contributed by atoms with Gasteiger partial charge in [0, 0.05) is 30.0 Å². The van der Waals surface area contributed by atoms with Crippen molar-refractivity contribution in [3.63, 3.8) is 0 Å². The topological polar surface area (TPSA) is 105 Å². The van der Waals surface area contributed by atoms with E-state index >= 15 is 0 Å². The molecule has 0 atom stereocenters. The number of rotatable bonds is 3. The Kier molecular flexibility index (Phi) is 3.81. The third-order valence-corrected chi connectivity index (χ3v) is 2.76. The number of H-pyrrole nitrogens is 1. The van der Waals surface area contributed by atoms with Gasteiger partial charge in [0.2, 0.25) is 5.56 Å². The van der Waals surface area contributed by atoms with Gasteiger partial charge in [-0.25, -0.2) is 0 Å². The highest BCUT2D eigenvalue weighted by Gasteiger charge is 2.12. The summed E-state index contributed by atoms with van der Waals surface area (Å²) in [5.41, 5.74) is -0.206. The first-order valence-corrected chi connectivity index (χ1v) is 5.79. The number of halogens is 1. The van der Waals surface area contributed by atoms with E-state index in [1.54, 1.807) is 0 Å². The molecule has 0 unspecified atom stereocenters. The predicted octanol–water partition coefficient (Wildman–Crippen LogP) is 2.19. The van der Waals surface area contributed by atoms with Crippen LogP contribution in [0.2, 0.25) is 5.02 Å². The first-order valence-electron chi connectivity index (χ1n) is 5.41. The lowest BCUT2D eigenvalue weighted by atomic mass is 10.2. The Morgan fingerprint density at radius 2 is 2.05 bits per heavy atom. The fraction of sp³-hybridized carbons (Fsp3) is 0. The van der Waals surface area contributed by atoms with Crippen LogP contribution >= 0.6 is 11.6 Å². The Morgan fingerprint density at radius 1 is 1.30 bits per heavy atom. The van der Waals surface area contributed by atoms with Crippen molar-refractivity contribution in [3.05, 3.63) is 67.6 Å². The summed E-state index contributed by atoms with van der Waals surface area (Å²) in [6, 6.07) is 6.24. The van der Waals surface area contributed by atoms with Crippen LogP contribution < -0.4 is 10.9 Å². The summed E-state index contributed by atoms with van der Waals surface area (Å²) < 4.78 is 0. The molecule has 8 heteroatoms. The highest BCUT2D eigenvalue weighted by atomic mass is 35.5. The van der Waals surface area contributed by atoms with Crippen molar-refractivity contribution >= 4 is 28.9 Å². The number of nitrogens with zero attached hydrogens (tertiary/aromatic N) is 1. The van der Waals surface area contributed by atoms with Crippen LogP contribution in [0.25, 0.3) is 0 Å². The van der Waals surface area contributed by atoms with Gasteiger partial charge < -0.3 is 10.3 Å². The molecule has 0 aliphatic heterocycles. The van der Waals surface area contributed by atoms with E-state index < -0.39 is 16.4 Å². The summed E-state index contributed by atoms with van der Waals surface area (Å²) >= 11 is 5.85. The van der Waals surface area contributed by atoms with Crippen LogP contribution in [0, 0.1) is 10.1 Å². The van der Waals surface area contributed by atoms with E-state index in [1.807, 2.05) is 0 Å². The van der Waals surface area contributed by atoms with Crippen molar-refractivity contribution in [2.24, 2.45) is 0 Å². The number of hydrogen-bond donors (Lipinski definition) is 2. The van der Waals surface area contributed by atoms with Gasteiger partial charge in [-0.2, -0.15) is 0 Å². The van der Waals surface area contributed by atoms with Crippen LogP contribution in [0.3, 0.4) is 0 Å². The monoisotopic (exact) mass is 293 g/mol. The van der Waals surface area contributed by atoms with Crippen molar-refractivity contribution in [3.8, 4) is 0 Å². The fourth-order valence-electron chi connectivity index (χ4n) is 1.50. The second-order valence-corrected chi connectivity index (χ2v) is 4.22. The van der Waals surface area contributed by atoms with Gasteiger partial charge in [0.05, 0.1) is 15.6 Å². The first kappa shape index (κ1) is 13.8. The van der Waals surface area contributed by atoms with E-state index in [4.69, 9.17) is 11.6 Å². The van der Waals surface area contributed by atoms with Crippen LogP contribution in [0.1, 0.15) is 10.4 Å². The molecule has 0 spiro atoms. The van der Waals surface area contributed by atoms with E-state index in [2.05, 4.69) is 10.3 Å². The summed E-state index contributed by atoms with van der Waals surface area (Å²) in [6.45, 7) is 0. The van der Waals surface area contributed by atoms with Crippen molar-refractivity contribution in [2.75, 3.05) is 5.32 Å². The molecule has 0 aliphatic carbocycles. The number of nitrogens with one attached hydrogen (secondary N) is 2. The van der Waals surface area contributed by atoms with Gasteiger partial charge in [-0.05, 0) is 12.1 Å². The lowest BCUT2D eigenvalue weighted by Crippen LogP contribution is -2.15. The maximum atomic E-state index is 11.9. The van der Waals surface area contributed by atoms with Gasteiger partial charge in [0.15, 0.2) is 0 Å². The smallest absolute Gasteiger partial charge is 0.271 e. The third kappa shape index (κ3) is 3.01. The number of carbonyl (C=O) groups is 1. The molecule has 1 aromatic carbocycles. The zero-order valence-electron chi connectivity index (χ0n) is 9.92. The van der Waals surface area contributed by atoms with E-state index in [1.165, 1.54) is 24.4 Å². The molecule has 1 amide bonds. The number of nitro groups is 1. The number of carbonyl (C=O) groups excluding carboxylic acids is 1. The number of non-ortho nitro benzene ring substituents is 1. The van der Waals surface area contributed by atoms with E-state index in [0.717, 1.165) is 12.1 Å². The average Bonchev–Trinajstić information content (AvgIpc) is 2.40. The molecule has 0 fully saturated rings. The van der Waals surface area contributed by atoms with Gasteiger partial charge in [0.1, 0.15) is 0 Å². The van der Waals surface area contributed by atoms with Gasteiger partial charge in [-0.3, -0.25) is 19.7 Å². The molecule has 102 valence electrons. The summed E-state index contributed by atoms with van der Waals surface area (Å²) in [5.74, 6) is -0.535. The molecule has 0 saturated carbocycles. The molecule has 0 radical (unpaired) electrons. The summed E-state index contributed by atoms with van der Waals surface area (Å²) in [4.78, 5) is 35.3. The van der Waals surface area contributed by atoms with E-state index in [9.17, 15) is 19.7 Å². The van der Waals surface area contributed by atoms with Crippen LogP contribution in [0.4, 0.5) is 11.4 Å². The largest absolute Gasteiger partial charge is 0.329 e. The molecular formula is C12H8ClN3O4. The lowest BCUT2D eigenvalue weighted by Gasteiger charge is -2.06. The summed E-state index contributed by atoms with van der Waals surface area (Å²) in [7, 11) is 0. The molecule has 7 nitrogen and oxygen atoms in total. The Labute approximate surface area is 117 Å². The SMILES string of the molecule is O=C(Nc1ccc([N+](=O)[O-])cc1Cl)c1cc[nH]c(=O)c1. The van der Waals surface area contributed by atoms with E-state index in [0.29, 0.717) is 0 Å². The average molecular weight is 294 g/mol. The van der Waals surface area contributed by atoms with Crippen LogP contribution in [-0.2, 0) is 0 Å². The second kappa shape index (κ2) is 5.54. The van der Waals surface area contributed by atoms with Crippen molar-refractivity contribution in [1.82, 2.24) is 4.98 Å². The first-order chi connectivity index (χ1) is 9.47. The molecule has 1 heterocycles. The molecule has 20 heavy (non-hydrogen) atoms. The van der Waals surface area contributed by atoms with Crippen molar-refractivity contribution < 1.29 is 9.72 Å². The number of amides is 1. The Hall–Kier alpha value is -2.67. The fourth-order valence-corrected chi connectivity index (χ4v) is 1.72. The molecule has 0 aliphatic rings. The number of aromatic amines is 1. The minimum atomic E-state index is -0.589. The van der Waals surface area contributed by atoms with E-state index in [-0.39, 0.29) is 22.0 Å². The number of hydrogen-bond acceptors (Lipinski definition) is 4. The maximum Gasteiger partial charge on any atom is 0.271 e. The third-order valence-electron chi connectivity index (χ3n) is 2.45. The molecule has 0 bridgehead atoms. The van der Waals surface area contributed by atoms with Crippen molar-refractivity contribution in [2.45, 2.75) is 0 Å². The molecule has 2 rings (SSSR count). The molecule has 2 N–H and O–H groups in total. The van der Waals surface area contributed by atoms with Crippen LogP contribution in [0.15, 0.2) is 41.3 Å². The zero-order chi connectivity index (χ0) is 14.7. The summed E-state index contributed by atoms with van der Waals surface area (Å²) in [5, 5.41) is 13.1. The van der Waals surface area contributed by atoms with Crippen LogP contribution in [-0.4, -0.2) is 15.8 Å². The molecular weight excluding hydrogens is 286 g/mol. The van der Waals surface area contributed by atoms with Crippen molar-refractivity contribution in [1.29, 1.82) is 0 Å².